The Labute approximate surface area is 129 Å². The van der Waals surface area contributed by atoms with Crippen molar-refractivity contribution in [2.45, 2.75) is 45.4 Å². The number of morpholine rings is 1. The molecule has 0 radical (unpaired) electrons. The van der Waals surface area contributed by atoms with Gasteiger partial charge in [0.1, 0.15) is 0 Å². The average molecular weight is 310 g/mol. The molecule has 2 rings (SSSR count). The van der Waals surface area contributed by atoms with Crippen molar-refractivity contribution in [3.05, 3.63) is 22.4 Å². The molecule has 1 fully saturated rings. The van der Waals surface area contributed by atoms with E-state index in [2.05, 4.69) is 5.32 Å². The van der Waals surface area contributed by atoms with Gasteiger partial charge in [0.2, 0.25) is 11.8 Å². The van der Waals surface area contributed by atoms with Gasteiger partial charge in [-0.3, -0.25) is 9.59 Å². The van der Waals surface area contributed by atoms with Crippen molar-refractivity contribution in [1.82, 2.24) is 10.2 Å². The van der Waals surface area contributed by atoms with Crippen molar-refractivity contribution in [2.75, 3.05) is 13.1 Å². The van der Waals surface area contributed by atoms with Gasteiger partial charge in [0.05, 0.1) is 24.7 Å². The van der Waals surface area contributed by atoms with Crippen LogP contribution >= 0.6 is 11.3 Å². The highest BCUT2D eigenvalue weighted by atomic mass is 32.1. The molecule has 0 spiro atoms. The second kappa shape index (κ2) is 7.04. The van der Waals surface area contributed by atoms with Crippen LogP contribution in [-0.4, -0.2) is 42.0 Å². The first-order valence-electron chi connectivity index (χ1n) is 7.19. The lowest BCUT2D eigenvalue weighted by Crippen LogP contribution is -2.49. The molecule has 1 aromatic heterocycles. The van der Waals surface area contributed by atoms with E-state index >= 15 is 0 Å². The quantitative estimate of drug-likeness (QED) is 0.925. The molecule has 3 atom stereocenters. The van der Waals surface area contributed by atoms with E-state index in [1.54, 1.807) is 11.3 Å². The Morgan fingerprint density at radius 2 is 2.10 bits per heavy atom. The zero-order chi connectivity index (χ0) is 15.4. The van der Waals surface area contributed by atoms with Crippen LogP contribution in [-0.2, 0) is 14.3 Å². The van der Waals surface area contributed by atoms with Gasteiger partial charge in [-0.2, -0.15) is 0 Å². The highest BCUT2D eigenvalue weighted by Gasteiger charge is 2.28. The van der Waals surface area contributed by atoms with Gasteiger partial charge in [-0.05, 0) is 25.3 Å². The van der Waals surface area contributed by atoms with E-state index in [0.29, 0.717) is 19.5 Å². The molecular formula is C15H22N2O3S. The molecular weight excluding hydrogens is 288 g/mol. The first kappa shape index (κ1) is 16.0. The third-order valence-corrected chi connectivity index (χ3v) is 4.40. The van der Waals surface area contributed by atoms with Gasteiger partial charge in [0.25, 0.3) is 0 Å². The predicted molar refractivity (Wildman–Crippen MR) is 82.1 cm³/mol. The molecule has 0 bridgehead atoms. The van der Waals surface area contributed by atoms with E-state index in [9.17, 15) is 9.59 Å². The van der Waals surface area contributed by atoms with Crippen molar-refractivity contribution in [2.24, 2.45) is 0 Å². The van der Waals surface area contributed by atoms with E-state index in [1.165, 1.54) is 6.92 Å². The number of rotatable bonds is 4. The Morgan fingerprint density at radius 1 is 1.43 bits per heavy atom. The predicted octanol–water partition coefficient (Wildman–Crippen LogP) is 1.95. The van der Waals surface area contributed by atoms with Crippen LogP contribution in [0, 0.1) is 0 Å². The first-order valence-corrected chi connectivity index (χ1v) is 8.07. The van der Waals surface area contributed by atoms with Gasteiger partial charge >= 0.3 is 0 Å². The number of nitrogens with zero attached hydrogens (tertiary/aromatic N) is 1. The normalized spacial score (nSPS) is 23.7. The topological polar surface area (TPSA) is 58.6 Å². The maximum atomic E-state index is 12.5. The van der Waals surface area contributed by atoms with Crippen LogP contribution in [0.2, 0.25) is 0 Å². The zero-order valence-corrected chi connectivity index (χ0v) is 13.5. The summed E-state index contributed by atoms with van der Waals surface area (Å²) in [5.74, 6) is -0.0611. The summed E-state index contributed by atoms with van der Waals surface area (Å²) in [5, 5.41) is 4.82. The van der Waals surface area contributed by atoms with Crippen LogP contribution in [0.4, 0.5) is 0 Å². The summed E-state index contributed by atoms with van der Waals surface area (Å²) in [6.45, 7) is 6.64. The van der Waals surface area contributed by atoms with E-state index < -0.39 is 0 Å². The number of carbonyl (C=O) groups excluding carboxylic acids is 2. The highest BCUT2D eigenvalue weighted by Crippen LogP contribution is 2.23. The second-order valence-corrected chi connectivity index (χ2v) is 6.51. The van der Waals surface area contributed by atoms with E-state index in [1.807, 2.05) is 36.3 Å². The molecule has 1 aliphatic rings. The molecule has 0 saturated carbocycles. The van der Waals surface area contributed by atoms with Gasteiger partial charge in [-0.1, -0.05) is 6.07 Å². The number of hydrogen-bond donors (Lipinski definition) is 1. The van der Waals surface area contributed by atoms with Crippen LogP contribution in [0.1, 0.15) is 38.1 Å². The third kappa shape index (κ3) is 4.54. The lowest BCUT2D eigenvalue weighted by Gasteiger charge is -2.36. The lowest BCUT2D eigenvalue weighted by molar-refractivity contribution is -0.143. The molecule has 5 nitrogen and oxygen atoms in total. The number of thiophene rings is 1. The summed E-state index contributed by atoms with van der Waals surface area (Å²) in [4.78, 5) is 26.7. The third-order valence-electron chi connectivity index (χ3n) is 3.42. The van der Waals surface area contributed by atoms with Crippen molar-refractivity contribution in [3.63, 3.8) is 0 Å². The van der Waals surface area contributed by atoms with Crippen LogP contribution in [0.25, 0.3) is 0 Å². The number of carbonyl (C=O) groups is 2. The summed E-state index contributed by atoms with van der Waals surface area (Å²) in [6.07, 6.45) is 0.400. The summed E-state index contributed by atoms with van der Waals surface area (Å²) in [7, 11) is 0. The molecule has 21 heavy (non-hydrogen) atoms. The fourth-order valence-corrected chi connectivity index (χ4v) is 3.42. The minimum atomic E-state index is -0.247. The fourth-order valence-electron chi connectivity index (χ4n) is 2.64. The smallest absolute Gasteiger partial charge is 0.225 e. The molecule has 6 heteroatoms. The molecule has 1 aliphatic heterocycles. The standard InChI is InChI=1S/C15H22N2O3S/c1-10-8-17(9-11(2)20-10)15(19)7-13(16-12(3)18)14-5-4-6-21-14/h4-6,10-11,13H,7-9H2,1-3H3,(H,16,18). The number of ether oxygens (including phenoxy) is 1. The number of nitrogens with one attached hydrogen (secondary N) is 1. The van der Waals surface area contributed by atoms with Crippen molar-refractivity contribution < 1.29 is 14.3 Å². The van der Waals surface area contributed by atoms with E-state index in [0.717, 1.165) is 4.88 Å². The summed E-state index contributed by atoms with van der Waals surface area (Å²) < 4.78 is 5.65. The number of hydrogen-bond acceptors (Lipinski definition) is 4. The molecule has 116 valence electrons. The van der Waals surface area contributed by atoms with E-state index in [4.69, 9.17) is 4.74 Å². The van der Waals surface area contributed by atoms with Crippen LogP contribution in [0.3, 0.4) is 0 Å². The van der Waals surface area contributed by atoms with Crippen LogP contribution in [0.5, 0.6) is 0 Å². The largest absolute Gasteiger partial charge is 0.372 e. The van der Waals surface area contributed by atoms with Crippen LogP contribution in [0.15, 0.2) is 17.5 Å². The summed E-state index contributed by atoms with van der Waals surface area (Å²) >= 11 is 1.55. The molecule has 1 N–H and O–H groups in total. The molecule has 2 amide bonds. The molecule has 0 aromatic carbocycles. The van der Waals surface area contributed by atoms with Gasteiger partial charge in [-0.15, -0.1) is 11.3 Å². The maximum absolute atomic E-state index is 12.5. The van der Waals surface area contributed by atoms with Crippen molar-refractivity contribution in [1.29, 1.82) is 0 Å². The Kier molecular flexibility index (Phi) is 5.36. The van der Waals surface area contributed by atoms with Gasteiger partial charge in [0.15, 0.2) is 0 Å². The SMILES string of the molecule is CC(=O)NC(CC(=O)N1CC(C)OC(C)C1)c1cccs1. The lowest BCUT2D eigenvalue weighted by atomic mass is 10.1. The van der Waals surface area contributed by atoms with Gasteiger partial charge in [0, 0.05) is 24.9 Å². The second-order valence-electron chi connectivity index (χ2n) is 5.53. The van der Waals surface area contributed by atoms with Crippen molar-refractivity contribution in [3.8, 4) is 0 Å². The van der Waals surface area contributed by atoms with Crippen molar-refractivity contribution >= 4 is 23.2 Å². The molecule has 1 aromatic rings. The maximum Gasteiger partial charge on any atom is 0.225 e. The van der Waals surface area contributed by atoms with Gasteiger partial charge in [-0.25, -0.2) is 0 Å². The minimum absolute atomic E-state index is 0.0543. The Morgan fingerprint density at radius 3 is 2.62 bits per heavy atom. The minimum Gasteiger partial charge on any atom is -0.372 e. The summed E-state index contributed by atoms with van der Waals surface area (Å²) in [5.41, 5.74) is 0. The number of amides is 2. The Bertz CT molecular complexity index is 479. The zero-order valence-electron chi connectivity index (χ0n) is 12.7. The Balaban J connectivity index is 2.02. The van der Waals surface area contributed by atoms with E-state index in [-0.39, 0.29) is 30.1 Å². The monoisotopic (exact) mass is 310 g/mol. The molecule has 1 saturated heterocycles. The molecule has 0 aliphatic carbocycles. The molecule has 3 unspecified atom stereocenters. The van der Waals surface area contributed by atoms with Gasteiger partial charge < -0.3 is 15.0 Å². The fraction of sp³-hybridized carbons (Fsp3) is 0.600. The van der Waals surface area contributed by atoms with Crippen LogP contribution < -0.4 is 5.32 Å². The summed E-state index contributed by atoms with van der Waals surface area (Å²) in [6, 6.07) is 3.63. The highest BCUT2D eigenvalue weighted by molar-refractivity contribution is 7.10. The average Bonchev–Trinajstić information content (AvgIpc) is 2.89. The molecule has 2 heterocycles. The Hall–Kier alpha value is -1.40. The first-order chi connectivity index (χ1) is 9.95.